The normalized spacial score (nSPS) is 14.6. The van der Waals surface area contributed by atoms with Gasteiger partial charge in [0.25, 0.3) is 5.91 Å². The van der Waals surface area contributed by atoms with Gasteiger partial charge < -0.3 is 19.5 Å². The molecule has 2 amide bonds. The van der Waals surface area contributed by atoms with Gasteiger partial charge in [-0.15, -0.1) is 0 Å². The second-order valence-corrected chi connectivity index (χ2v) is 5.85. The van der Waals surface area contributed by atoms with Gasteiger partial charge in [0.15, 0.2) is 5.76 Å². The highest BCUT2D eigenvalue weighted by Gasteiger charge is 2.25. The minimum Gasteiger partial charge on any atom is -0.459 e. The van der Waals surface area contributed by atoms with Crippen LogP contribution in [0.2, 0.25) is 0 Å². The van der Waals surface area contributed by atoms with Crippen molar-refractivity contribution in [1.29, 1.82) is 0 Å². The number of carbonyl (C=O) groups excluding carboxylic acids is 2. The number of hydrogen-bond acceptors (Lipinski definition) is 4. The fourth-order valence-corrected chi connectivity index (χ4v) is 2.77. The van der Waals surface area contributed by atoms with Crippen LogP contribution in [0.5, 0.6) is 0 Å². The fraction of sp³-hybridized carbons (Fsp3) is 0.333. The molecule has 1 aliphatic heterocycles. The number of piperazine rings is 1. The third kappa shape index (κ3) is 4.24. The molecule has 1 fully saturated rings. The molecule has 2 heterocycles. The van der Waals surface area contributed by atoms with Gasteiger partial charge in [-0.2, -0.15) is 0 Å². The van der Waals surface area contributed by atoms with E-state index in [0.717, 1.165) is 0 Å². The SMILES string of the molecule is O=C(CNCc1ccccc1F)N1CCN(C(=O)c2ccco2)CC1. The second kappa shape index (κ2) is 7.94. The van der Waals surface area contributed by atoms with Crippen molar-refractivity contribution in [2.45, 2.75) is 6.54 Å². The molecule has 7 heteroatoms. The molecule has 0 atom stereocenters. The summed E-state index contributed by atoms with van der Waals surface area (Å²) in [5.41, 5.74) is 0.532. The topological polar surface area (TPSA) is 65.8 Å². The Bertz CT molecular complexity index is 725. The van der Waals surface area contributed by atoms with Gasteiger partial charge in [-0.05, 0) is 18.2 Å². The highest BCUT2D eigenvalue weighted by Crippen LogP contribution is 2.10. The molecule has 1 aromatic carbocycles. The molecule has 3 rings (SSSR count). The Hall–Kier alpha value is -2.67. The number of nitrogens with zero attached hydrogens (tertiary/aromatic N) is 2. The number of furan rings is 1. The number of carbonyl (C=O) groups is 2. The Balaban J connectivity index is 1.42. The van der Waals surface area contributed by atoms with Crippen molar-refractivity contribution in [2.75, 3.05) is 32.7 Å². The number of nitrogens with one attached hydrogen (secondary N) is 1. The zero-order valence-electron chi connectivity index (χ0n) is 13.8. The van der Waals surface area contributed by atoms with E-state index >= 15 is 0 Å². The van der Waals surface area contributed by atoms with E-state index in [-0.39, 0.29) is 24.2 Å². The molecular weight excluding hydrogens is 325 g/mol. The lowest BCUT2D eigenvalue weighted by atomic mass is 10.2. The van der Waals surface area contributed by atoms with Crippen molar-refractivity contribution in [1.82, 2.24) is 15.1 Å². The van der Waals surface area contributed by atoms with Gasteiger partial charge in [0.2, 0.25) is 5.91 Å². The van der Waals surface area contributed by atoms with Gasteiger partial charge in [-0.1, -0.05) is 18.2 Å². The lowest BCUT2D eigenvalue weighted by molar-refractivity contribution is -0.131. The van der Waals surface area contributed by atoms with Crippen LogP contribution in [0.3, 0.4) is 0 Å². The lowest BCUT2D eigenvalue weighted by Gasteiger charge is -2.34. The molecular formula is C18H20FN3O3. The van der Waals surface area contributed by atoms with Crippen LogP contribution in [0.25, 0.3) is 0 Å². The van der Waals surface area contributed by atoms with Gasteiger partial charge in [0, 0.05) is 38.3 Å². The van der Waals surface area contributed by atoms with Gasteiger partial charge in [0.05, 0.1) is 12.8 Å². The molecule has 0 saturated carbocycles. The standard InChI is InChI=1S/C18H20FN3O3/c19-15-5-2-1-4-14(15)12-20-13-17(23)21-7-9-22(10-8-21)18(24)16-6-3-11-25-16/h1-6,11,20H,7-10,12-13H2. The maximum absolute atomic E-state index is 13.5. The monoisotopic (exact) mass is 345 g/mol. The Kier molecular flexibility index (Phi) is 5.45. The average molecular weight is 345 g/mol. The summed E-state index contributed by atoms with van der Waals surface area (Å²) in [5, 5.41) is 2.97. The van der Waals surface area contributed by atoms with E-state index in [9.17, 15) is 14.0 Å². The first-order chi connectivity index (χ1) is 12.1. The lowest BCUT2D eigenvalue weighted by Crippen LogP contribution is -2.52. The van der Waals surface area contributed by atoms with Crippen LogP contribution < -0.4 is 5.32 Å². The van der Waals surface area contributed by atoms with Gasteiger partial charge in [-0.3, -0.25) is 9.59 Å². The van der Waals surface area contributed by atoms with Crippen molar-refractivity contribution in [3.8, 4) is 0 Å². The third-order valence-electron chi connectivity index (χ3n) is 4.20. The molecule has 0 bridgehead atoms. The maximum atomic E-state index is 13.5. The number of rotatable bonds is 5. The van der Waals surface area contributed by atoms with Crippen LogP contribution in [0, 0.1) is 5.82 Å². The highest BCUT2D eigenvalue weighted by atomic mass is 19.1. The summed E-state index contributed by atoms with van der Waals surface area (Å²) < 4.78 is 18.6. The highest BCUT2D eigenvalue weighted by molar-refractivity contribution is 5.91. The minimum atomic E-state index is -0.285. The van der Waals surface area contributed by atoms with E-state index in [0.29, 0.717) is 44.0 Å². The van der Waals surface area contributed by atoms with Crippen LogP contribution in [-0.4, -0.2) is 54.3 Å². The Morgan fingerprint density at radius 2 is 1.76 bits per heavy atom. The summed E-state index contributed by atoms with van der Waals surface area (Å²) in [6.45, 7) is 2.34. The van der Waals surface area contributed by atoms with Crippen molar-refractivity contribution in [3.63, 3.8) is 0 Å². The van der Waals surface area contributed by atoms with Crippen LogP contribution in [0.15, 0.2) is 47.1 Å². The number of benzene rings is 1. The zero-order valence-corrected chi connectivity index (χ0v) is 13.8. The molecule has 1 saturated heterocycles. The number of hydrogen-bond donors (Lipinski definition) is 1. The largest absolute Gasteiger partial charge is 0.459 e. The van der Waals surface area contributed by atoms with Crippen LogP contribution in [0.4, 0.5) is 4.39 Å². The van der Waals surface area contributed by atoms with Crippen molar-refractivity contribution < 1.29 is 18.4 Å². The summed E-state index contributed by atoms with van der Waals surface area (Å²) in [4.78, 5) is 27.8. The molecule has 1 aliphatic rings. The molecule has 1 N–H and O–H groups in total. The Morgan fingerprint density at radius 1 is 1.04 bits per heavy atom. The smallest absolute Gasteiger partial charge is 0.289 e. The first-order valence-corrected chi connectivity index (χ1v) is 8.20. The zero-order chi connectivity index (χ0) is 17.6. The maximum Gasteiger partial charge on any atom is 0.289 e. The quantitative estimate of drug-likeness (QED) is 0.892. The Morgan fingerprint density at radius 3 is 2.44 bits per heavy atom. The van der Waals surface area contributed by atoms with E-state index in [4.69, 9.17) is 4.42 Å². The van der Waals surface area contributed by atoms with E-state index in [1.165, 1.54) is 12.3 Å². The van der Waals surface area contributed by atoms with Crippen LogP contribution >= 0.6 is 0 Å². The number of halogens is 1. The van der Waals surface area contributed by atoms with E-state index < -0.39 is 0 Å². The second-order valence-electron chi connectivity index (χ2n) is 5.85. The van der Waals surface area contributed by atoms with E-state index in [2.05, 4.69) is 5.32 Å². The number of amides is 2. The van der Waals surface area contributed by atoms with Gasteiger partial charge in [-0.25, -0.2) is 4.39 Å². The molecule has 1 aromatic heterocycles. The van der Waals surface area contributed by atoms with Crippen LogP contribution in [0.1, 0.15) is 16.1 Å². The van der Waals surface area contributed by atoms with E-state index in [1.54, 1.807) is 40.1 Å². The predicted octanol–water partition coefficient (Wildman–Crippen LogP) is 1.49. The van der Waals surface area contributed by atoms with Crippen molar-refractivity contribution >= 4 is 11.8 Å². The summed E-state index contributed by atoms with van der Waals surface area (Å²) in [5.74, 6) is -0.185. The Labute approximate surface area is 145 Å². The summed E-state index contributed by atoms with van der Waals surface area (Å²) in [6, 6.07) is 9.78. The molecule has 0 unspecified atom stereocenters. The molecule has 2 aromatic rings. The van der Waals surface area contributed by atoms with E-state index in [1.807, 2.05) is 0 Å². The van der Waals surface area contributed by atoms with Gasteiger partial charge in [0.1, 0.15) is 5.82 Å². The molecule has 6 nitrogen and oxygen atoms in total. The summed E-state index contributed by atoms with van der Waals surface area (Å²) in [7, 11) is 0. The molecule has 0 radical (unpaired) electrons. The first kappa shape index (κ1) is 17.2. The summed E-state index contributed by atoms with van der Waals surface area (Å²) in [6.07, 6.45) is 1.47. The third-order valence-corrected chi connectivity index (χ3v) is 4.20. The summed E-state index contributed by atoms with van der Waals surface area (Å²) >= 11 is 0. The molecule has 25 heavy (non-hydrogen) atoms. The van der Waals surface area contributed by atoms with Crippen molar-refractivity contribution in [2.24, 2.45) is 0 Å². The minimum absolute atomic E-state index is 0.0542. The fourth-order valence-electron chi connectivity index (χ4n) is 2.77. The van der Waals surface area contributed by atoms with Gasteiger partial charge >= 0.3 is 0 Å². The molecule has 0 aliphatic carbocycles. The molecule has 132 valence electrons. The van der Waals surface area contributed by atoms with Crippen molar-refractivity contribution in [3.05, 3.63) is 59.8 Å². The first-order valence-electron chi connectivity index (χ1n) is 8.20. The van der Waals surface area contributed by atoms with Crippen LogP contribution in [-0.2, 0) is 11.3 Å². The predicted molar refractivity (Wildman–Crippen MR) is 89.3 cm³/mol. The average Bonchev–Trinajstić information content (AvgIpc) is 3.17. The molecule has 0 spiro atoms.